The lowest BCUT2D eigenvalue weighted by Gasteiger charge is -2.14. The van der Waals surface area contributed by atoms with Crippen molar-refractivity contribution in [1.29, 1.82) is 0 Å². The number of rotatable bonds is 4. The lowest BCUT2D eigenvalue weighted by molar-refractivity contribution is 0.262. The molecule has 0 bridgehead atoms. The number of hydrogen-bond donors (Lipinski definition) is 2. The Hall–Kier alpha value is -3.78. The van der Waals surface area contributed by atoms with Gasteiger partial charge >= 0.3 is 6.03 Å². The van der Waals surface area contributed by atoms with Gasteiger partial charge in [0.25, 0.3) is 0 Å². The predicted octanol–water partition coefficient (Wildman–Crippen LogP) is 6.00. The van der Waals surface area contributed by atoms with Crippen molar-refractivity contribution in [3.05, 3.63) is 83.6 Å². The first-order chi connectivity index (χ1) is 14.5. The summed E-state index contributed by atoms with van der Waals surface area (Å²) in [5, 5.41) is 4.82. The summed E-state index contributed by atoms with van der Waals surface area (Å²) >= 11 is 6.26. The molecule has 0 aliphatic carbocycles. The van der Waals surface area contributed by atoms with Crippen LogP contribution < -0.4 is 15.4 Å². The van der Waals surface area contributed by atoms with Crippen LogP contribution in [0.25, 0.3) is 11.0 Å². The highest BCUT2D eigenvalue weighted by atomic mass is 35.5. The number of carbonyl (C=O) groups is 1. The van der Waals surface area contributed by atoms with Gasteiger partial charge < -0.3 is 15.4 Å². The first kappa shape index (κ1) is 19.5. The number of nitrogens with zero attached hydrogens (tertiary/aromatic N) is 2. The number of amides is 2. The molecule has 30 heavy (non-hydrogen) atoms. The fourth-order valence-corrected chi connectivity index (χ4v) is 2.94. The molecule has 0 aliphatic heterocycles. The van der Waals surface area contributed by atoms with E-state index in [2.05, 4.69) is 20.6 Å². The topological polar surface area (TPSA) is 76.1 Å². The van der Waals surface area contributed by atoms with Crippen LogP contribution in [0.5, 0.6) is 11.5 Å². The number of carbonyl (C=O) groups excluding carboxylic acids is 1. The number of anilines is 2. The first-order valence-corrected chi connectivity index (χ1v) is 9.07. The second kappa shape index (κ2) is 8.30. The molecule has 2 amide bonds. The number of hydrogen-bond acceptors (Lipinski definition) is 4. The smallest absolute Gasteiger partial charge is 0.323 e. The third-order valence-corrected chi connectivity index (χ3v) is 4.42. The second-order valence-corrected chi connectivity index (χ2v) is 6.51. The molecule has 150 valence electrons. The summed E-state index contributed by atoms with van der Waals surface area (Å²) in [5.74, 6) is -1.17. The van der Waals surface area contributed by atoms with E-state index in [0.29, 0.717) is 16.8 Å². The molecule has 0 fully saturated rings. The van der Waals surface area contributed by atoms with Crippen molar-refractivity contribution in [2.75, 3.05) is 10.6 Å². The standard InChI is InChI=1S/C21H13ClF2N4O2/c22-19-17(28-21(29)27-13-3-1-2-12(23)10-13)7-5-15(24)20(19)30-14-4-6-16-18(11-14)26-9-8-25-16/h1-11H,(H2,27,28,29). The number of nitrogens with one attached hydrogen (secondary N) is 2. The summed E-state index contributed by atoms with van der Waals surface area (Å²) in [4.78, 5) is 20.5. The van der Waals surface area contributed by atoms with Crippen LogP contribution >= 0.6 is 11.6 Å². The van der Waals surface area contributed by atoms with E-state index in [4.69, 9.17) is 16.3 Å². The van der Waals surface area contributed by atoms with Gasteiger partial charge in [-0.05, 0) is 42.5 Å². The molecule has 0 radical (unpaired) electrons. The van der Waals surface area contributed by atoms with E-state index in [1.54, 1.807) is 24.4 Å². The maximum Gasteiger partial charge on any atom is 0.323 e. The monoisotopic (exact) mass is 426 g/mol. The zero-order chi connectivity index (χ0) is 21.1. The third kappa shape index (κ3) is 4.28. The summed E-state index contributed by atoms with van der Waals surface area (Å²) in [7, 11) is 0. The van der Waals surface area contributed by atoms with Gasteiger partial charge in [-0.1, -0.05) is 17.7 Å². The van der Waals surface area contributed by atoms with E-state index < -0.39 is 17.7 Å². The number of halogens is 3. The fourth-order valence-electron chi connectivity index (χ4n) is 2.70. The predicted molar refractivity (Wildman–Crippen MR) is 110 cm³/mol. The molecule has 6 nitrogen and oxygen atoms in total. The highest BCUT2D eigenvalue weighted by Crippen LogP contribution is 2.38. The highest BCUT2D eigenvalue weighted by Gasteiger charge is 2.17. The van der Waals surface area contributed by atoms with Gasteiger partial charge in [-0.2, -0.15) is 0 Å². The number of ether oxygens (including phenoxy) is 1. The molecule has 0 saturated carbocycles. The molecule has 0 atom stereocenters. The first-order valence-electron chi connectivity index (χ1n) is 8.70. The van der Waals surface area contributed by atoms with Crippen molar-refractivity contribution >= 4 is 40.0 Å². The number of fused-ring (bicyclic) bond motifs is 1. The molecular weight excluding hydrogens is 414 g/mol. The van der Waals surface area contributed by atoms with E-state index in [-0.39, 0.29) is 22.1 Å². The number of benzene rings is 3. The van der Waals surface area contributed by atoms with E-state index in [0.717, 1.165) is 12.1 Å². The van der Waals surface area contributed by atoms with Gasteiger partial charge in [-0.15, -0.1) is 0 Å². The summed E-state index contributed by atoms with van der Waals surface area (Å²) < 4.78 is 33.2. The van der Waals surface area contributed by atoms with Gasteiger partial charge in [-0.3, -0.25) is 9.97 Å². The Morgan fingerprint density at radius 2 is 1.73 bits per heavy atom. The molecule has 2 N–H and O–H groups in total. The van der Waals surface area contributed by atoms with E-state index in [1.807, 2.05) is 0 Å². The largest absolute Gasteiger partial charge is 0.453 e. The Kier molecular flexibility index (Phi) is 5.40. The molecule has 4 rings (SSSR count). The molecule has 0 spiro atoms. The average Bonchev–Trinajstić information content (AvgIpc) is 2.73. The molecule has 1 heterocycles. The molecule has 0 unspecified atom stereocenters. The minimum atomic E-state index is -0.713. The quantitative estimate of drug-likeness (QED) is 0.419. The Morgan fingerprint density at radius 3 is 2.53 bits per heavy atom. The Morgan fingerprint density at radius 1 is 0.933 bits per heavy atom. The zero-order valence-corrected chi connectivity index (χ0v) is 16.0. The van der Waals surface area contributed by atoms with Crippen LogP contribution in [-0.2, 0) is 0 Å². The molecule has 1 aromatic heterocycles. The Labute approximate surface area is 174 Å². The Bertz CT molecular complexity index is 1250. The van der Waals surface area contributed by atoms with Crippen molar-refractivity contribution in [3.8, 4) is 11.5 Å². The zero-order valence-electron chi connectivity index (χ0n) is 15.2. The minimum absolute atomic E-state index is 0.113. The lowest BCUT2D eigenvalue weighted by Crippen LogP contribution is -2.19. The van der Waals surface area contributed by atoms with Crippen LogP contribution in [0.2, 0.25) is 5.02 Å². The van der Waals surface area contributed by atoms with Crippen molar-refractivity contribution in [1.82, 2.24) is 9.97 Å². The van der Waals surface area contributed by atoms with Gasteiger partial charge in [0, 0.05) is 24.1 Å². The summed E-state index contributed by atoms with van der Waals surface area (Å²) in [6.07, 6.45) is 3.09. The maximum absolute atomic E-state index is 14.4. The molecule has 9 heteroatoms. The van der Waals surface area contributed by atoms with Crippen molar-refractivity contribution in [2.45, 2.75) is 0 Å². The number of aromatic nitrogens is 2. The van der Waals surface area contributed by atoms with Gasteiger partial charge in [0.2, 0.25) is 0 Å². The van der Waals surface area contributed by atoms with E-state index in [9.17, 15) is 13.6 Å². The molecule has 4 aromatic rings. The van der Waals surface area contributed by atoms with Gasteiger partial charge in [0.15, 0.2) is 11.6 Å². The van der Waals surface area contributed by atoms with Crippen LogP contribution in [0.4, 0.5) is 25.0 Å². The summed E-state index contributed by atoms with van der Waals surface area (Å²) in [6, 6.07) is 12.0. The SMILES string of the molecule is O=C(Nc1cccc(F)c1)Nc1ccc(F)c(Oc2ccc3nccnc3c2)c1Cl. The van der Waals surface area contributed by atoms with Gasteiger partial charge in [-0.25, -0.2) is 13.6 Å². The van der Waals surface area contributed by atoms with Crippen molar-refractivity contribution < 1.29 is 18.3 Å². The van der Waals surface area contributed by atoms with Crippen molar-refractivity contribution in [2.24, 2.45) is 0 Å². The van der Waals surface area contributed by atoms with Crippen molar-refractivity contribution in [3.63, 3.8) is 0 Å². The van der Waals surface area contributed by atoms with Gasteiger partial charge in [0.05, 0.1) is 16.7 Å². The second-order valence-electron chi connectivity index (χ2n) is 6.14. The van der Waals surface area contributed by atoms with E-state index in [1.165, 1.54) is 30.5 Å². The van der Waals surface area contributed by atoms with Crippen LogP contribution in [0.3, 0.4) is 0 Å². The number of urea groups is 1. The highest BCUT2D eigenvalue weighted by molar-refractivity contribution is 6.35. The molecular formula is C21H13ClF2N4O2. The third-order valence-electron chi connectivity index (χ3n) is 4.04. The van der Waals surface area contributed by atoms with Crippen LogP contribution in [0.15, 0.2) is 67.0 Å². The van der Waals surface area contributed by atoms with E-state index >= 15 is 0 Å². The van der Waals surface area contributed by atoms with Crippen LogP contribution in [0, 0.1) is 11.6 Å². The molecule has 3 aromatic carbocycles. The Balaban J connectivity index is 1.55. The molecule has 0 aliphatic rings. The van der Waals surface area contributed by atoms with Crippen LogP contribution in [-0.4, -0.2) is 16.0 Å². The maximum atomic E-state index is 14.4. The van der Waals surface area contributed by atoms with Gasteiger partial charge in [0.1, 0.15) is 16.6 Å². The minimum Gasteiger partial charge on any atom is -0.453 e. The average molecular weight is 427 g/mol. The van der Waals surface area contributed by atoms with Crippen LogP contribution in [0.1, 0.15) is 0 Å². The molecule has 0 saturated heterocycles. The normalized spacial score (nSPS) is 10.6. The summed E-state index contributed by atoms with van der Waals surface area (Å²) in [5.41, 5.74) is 1.58. The summed E-state index contributed by atoms with van der Waals surface area (Å²) in [6.45, 7) is 0. The fraction of sp³-hybridized carbons (Fsp3) is 0. The lowest BCUT2D eigenvalue weighted by atomic mass is 10.2.